The van der Waals surface area contributed by atoms with E-state index in [0.29, 0.717) is 47.6 Å². The molecule has 0 bridgehead atoms. The quantitative estimate of drug-likeness (QED) is 0.0781. The van der Waals surface area contributed by atoms with Gasteiger partial charge in [0.15, 0.2) is 6.23 Å². The first-order chi connectivity index (χ1) is 19.5. The molecule has 3 aromatic carbocycles. The van der Waals surface area contributed by atoms with Crippen molar-refractivity contribution < 1.29 is 18.3 Å². The maximum Gasteiger partial charge on any atom is 0.294 e. The highest BCUT2D eigenvalue weighted by Gasteiger charge is 2.03. The third kappa shape index (κ3) is 17.1. The van der Waals surface area contributed by atoms with Gasteiger partial charge >= 0.3 is 0 Å². The van der Waals surface area contributed by atoms with Crippen molar-refractivity contribution in [1.82, 2.24) is 0 Å². The van der Waals surface area contributed by atoms with E-state index in [1.54, 1.807) is 26.0 Å². The molecule has 0 spiro atoms. The third-order valence-corrected chi connectivity index (χ3v) is 6.21. The van der Waals surface area contributed by atoms with Gasteiger partial charge in [-0.1, -0.05) is 60.2 Å². The van der Waals surface area contributed by atoms with Crippen molar-refractivity contribution in [3.05, 3.63) is 104 Å². The number of nitrogens with zero attached hydrogens (tertiary/aromatic N) is 2. The number of aryl methyl sites for hydroxylation is 2. The Morgan fingerprint density at radius 2 is 1.49 bits per heavy atom. The Kier molecular flexibility index (Phi) is 17.8. The van der Waals surface area contributed by atoms with Crippen molar-refractivity contribution in [2.24, 2.45) is 27.2 Å². The lowest BCUT2D eigenvalue weighted by Gasteiger charge is -2.08. The van der Waals surface area contributed by atoms with Crippen LogP contribution in [0.5, 0.6) is 0 Å². The number of aliphatic imine (C=N–C) groups is 2. The minimum atomic E-state index is -0.541. The average Bonchev–Trinajstić information content (AvgIpc) is 2.94. The fourth-order valence-electron chi connectivity index (χ4n) is 3.30. The van der Waals surface area contributed by atoms with Gasteiger partial charge in [0, 0.05) is 9.99 Å². The minimum absolute atomic E-state index is 0.196. The normalized spacial score (nSPS) is 11.9. The molecule has 1 atom stereocenters. The molecule has 222 valence electrons. The van der Waals surface area contributed by atoms with Gasteiger partial charge in [0.2, 0.25) is 0 Å². The Hall–Kier alpha value is -3.38. The summed E-state index contributed by atoms with van der Waals surface area (Å²) in [5.41, 5.74) is 21.9. The highest BCUT2D eigenvalue weighted by atomic mass is 127. The molecule has 3 rings (SSSR count). The molecule has 41 heavy (non-hydrogen) atoms. The molecule has 0 saturated heterocycles. The Morgan fingerprint density at radius 3 is 2.02 bits per heavy atom. The monoisotopic (exact) mass is 677 g/mol. The van der Waals surface area contributed by atoms with Gasteiger partial charge in [0.05, 0.1) is 31.4 Å². The van der Waals surface area contributed by atoms with Crippen LogP contribution in [0.2, 0.25) is 0 Å². The standard InChI is InChI=1S/C12H17FN2.C10H13NO2.C9H10FIN2/c1-10(14)15-9-12-5-2-4-11(8-12)6-3-7-13;1-8-2-4-9(5-3-8)6-10(11)13-7-12;1-6(12)13-5-7-2-3-8(10)9(11)4-7/h2,4-5,8H,3,6-7,9H2,1H3,(H2,14,15);2-5,7,10H,6,11H2,1H3;2-4H,5H2,1H3,(H2,12,13)/t;10-;/m.0./s1/i13-1;;10-1. The number of hydrogen-bond donors (Lipinski definition) is 3. The summed E-state index contributed by atoms with van der Waals surface area (Å²) < 4.78 is 30.0. The molecule has 10 heteroatoms. The number of halogens is 3. The molecule has 0 radical (unpaired) electrons. The highest BCUT2D eigenvalue weighted by molar-refractivity contribution is 14.1. The molecular formula is C31H40F2IN5O2. The molecule has 3 aromatic rings. The van der Waals surface area contributed by atoms with Gasteiger partial charge in [-0.3, -0.25) is 24.9 Å². The third-order valence-electron chi connectivity index (χ3n) is 5.38. The van der Waals surface area contributed by atoms with Gasteiger partial charge < -0.3 is 16.2 Å². The van der Waals surface area contributed by atoms with E-state index in [1.165, 1.54) is 11.6 Å². The second kappa shape index (κ2) is 20.5. The van der Waals surface area contributed by atoms with Crippen LogP contribution in [-0.2, 0) is 35.5 Å². The molecule has 7 nitrogen and oxygen atoms in total. The lowest BCUT2D eigenvalue weighted by molar-refractivity contribution is -0.133. The predicted molar refractivity (Wildman–Crippen MR) is 172 cm³/mol. The molecule has 0 aromatic heterocycles. The van der Waals surface area contributed by atoms with Crippen LogP contribution in [0, 0.1) is 16.3 Å². The molecule has 0 aliphatic heterocycles. The van der Waals surface area contributed by atoms with Crippen LogP contribution in [0.1, 0.15) is 48.1 Å². The van der Waals surface area contributed by atoms with Gasteiger partial charge in [-0.2, -0.15) is 0 Å². The van der Waals surface area contributed by atoms with Gasteiger partial charge in [-0.25, -0.2) is 4.39 Å². The number of benzene rings is 3. The van der Waals surface area contributed by atoms with Crippen LogP contribution in [-0.4, -0.2) is 31.0 Å². The van der Waals surface area contributed by atoms with E-state index < -0.39 is 6.23 Å². The zero-order valence-electron chi connectivity index (χ0n) is 23.8. The van der Waals surface area contributed by atoms with Crippen molar-refractivity contribution in [2.45, 2.75) is 59.4 Å². The van der Waals surface area contributed by atoms with E-state index in [1.807, 2.05) is 72.0 Å². The molecule has 0 aliphatic rings. The van der Waals surface area contributed by atoms with Crippen LogP contribution < -0.4 is 17.2 Å². The number of nitrogens with two attached hydrogens (primary N) is 3. The Balaban J connectivity index is 0.000000309. The first-order valence-electron chi connectivity index (χ1n) is 13.0. The number of hydrogen-bond acceptors (Lipinski definition) is 5. The summed E-state index contributed by atoms with van der Waals surface area (Å²) in [6, 6.07) is 20.9. The summed E-state index contributed by atoms with van der Waals surface area (Å²) in [7, 11) is 0. The fraction of sp³-hybridized carbons (Fsp3) is 0.323. The second-order valence-corrected chi connectivity index (χ2v) is 10.4. The van der Waals surface area contributed by atoms with Crippen molar-refractivity contribution in [2.75, 3.05) is 6.67 Å². The second-order valence-electron chi connectivity index (χ2n) is 9.24. The number of rotatable bonds is 11. The van der Waals surface area contributed by atoms with Crippen LogP contribution in [0.4, 0.5) is 8.78 Å². The summed E-state index contributed by atoms with van der Waals surface area (Å²) in [6.07, 6.45) is 1.39. The van der Waals surface area contributed by atoms with E-state index in [-0.39, 0.29) is 12.5 Å². The Bertz CT molecular complexity index is 1250. The highest BCUT2D eigenvalue weighted by Crippen LogP contribution is 2.13. The molecular weight excluding hydrogens is 637 g/mol. The number of ether oxygens (including phenoxy) is 1. The maximum atomic E-state index is 12.8. The van der Waals surface area contributed by atoms with E-state index >= 15 is 0 Å². The van der Waals surface area contributed by atoms with Gasteiger partial charge in [0.1, 0.15) is 5.82 Å². The van der Waals surface area contributed by atoms with Crippen molar-refractivity contribution in [3.63, 3.8) is 0 Å². The Labute approximate surface area is 255 Å². The molecule has 0 fully saturated rings. The molecule has 0 unspecified atom stereocenters. The largest absolute Gasteiger partial charge is 0.449 e. The van der Waals surface area contributed by atoms with E-state index in [2.05, 4.69) is 20.8 Å². The number of amidine groups is 2. The summed E-state index contributed by atoms with van der Waals surface area (Å²) in [5, 5.41) is 0. The SMILES string of the molecule is CC(N)=NCc1ccc([18F])c(I)c1.CC(N)=NCc1cccc(CCC[18F])c1.Cc1ccc(C[C@@H](N)OC=O)cc1. The van der Waals surface area contributed by atoms with Crippen molar-refractivity contribution >= 4 is 40.7 Å². The van der Waals surface area contributed by atoms with Crippen LogP contribution in [0.15, 0.2) is 76.7 Å². The van der Waals surface area contributed by atoms with Crippen molar-refractivity contribution in [3.8, 4) is 0 Å². The minimum Gasteiger partial charge on any atom is -0.449 e. The van der Waals surface area contributed by atoms with Crippen molar-refractivity contribution in [1.29, 1.82) is 0 Å². The Morgan fingerprint density at radius 1 is 0.927 bits per heavy atom. The molecule has 6 N–H and O–H groups in total. The van der Waals surface area contributed by atoms with E-state index in [0.717, 1.165) is 28.7 Å². The van der Waals surface area contributed by atoms with Gasteiger partial charge in [-0.15, -0.1) is 0 Å². The zero-order chi connectivity index (χ0) is 30.6. The smallest absolute Gasteiger partial charge is 0.294 e. The predicted octanol–water partition coefficient (Wildman–Crippen LogP) is 5.77. The number of carbonyl (C=O) groups is 1. The maximum absolute atomic E-state index is 12.8. The van der Waals surface area contributed by atoms with Gasteiger partial charge in [0.25, 0.3) is 6.47 Å². The summed E-state index contributed by atoms with van der Waals surface area (Å²) in [6.45, 7) is 6.75. The van der Waals surface area contributed by atoms with Crippen LogP contribution >= 0.6 is 22.6 Å². The number of alkyl halides is 1. The summed E-state index contributed by atoms with van der Waals surface area (Å²) >= 11 is 1.95. The lowest BCUT2D eigenvalue weighted by Crippen LogP contribution is -2.25. The molecule has 0 heterocycles. The molecule has 0 amide bonds. The van der Waals surface area contributed by atoms with Crippen LogP contribution in [0.3, 0.4) is 0 Å². The summed E-state index contributed by atoms with van der Waals surface area (Å²) in [5.74, 6) is 0.932. The lowest BCUT2D eigenvalue weighted by atomic mass is 10.1. The first-order valence-corrected chi connectivity index (χ1v) is 14.1. The van der Waals surface area contributed by atoms with Gasteiger partial charge in [-0.05, 0) is 90.6 Å². The van der Waals surface area contributed by atoms with Crippen LogP contribution in [0.25, 0.3) is 0 Å². The fourth-order valence-corrected chi connectivity index (χ4v) is 3.88. The zero-order valence-corrected chi connectivity index (χ0v) is 26.0. The van der Waals surface area contributed by atoms with E-state index in [4.69, 9.17) is 17.2 Å². The molecule has 0 saturated carbocycles. The molecule has 0 aliphatic carbocycles. The number of carbonyl (C=O) groups excluding carboxylic acids is 1. The summed E-state index contributed by atoms with van der Waals surface area (Å²) in [4.78, 5) is 18.1. The first kappa shape index (κ1) is 35.6. The average molecular weight is 678 g/mol. The van der Waals surface area contributed by atoms with E-state index in [9.17, 15) is 13.6 Å². The topological polar surface area (TPSA) is 129 Å².